The highest BCUT2D eigenvalue weighted by molar-refractivity contribution is 7.92. The maximum atomic E-state index is 12.6. The number of sulfonamides is 1. The number of carbonyl (C=O) groups is 2. The summed E-state index contributed by atoms with van der Waals surface area (Å²) in [4.78, 5) is 23.9. The average molecular weight is 452 g/mol. The summed E-state index contributed by atoms with van der Waals surface area (Å²) in [5.74, 6) is -0.933. The Balaban J connectivity index is 1.79. The Morgan fingerprint density at radius 3 is 2.25 bits per heavy atom. The third-order valence-corrected chi connectivity index (χ3v) is 6.11. The molecule has 8 heteroatoms. The van der Waals surface area contributed by atoms with E-state index in [2.05, 4.69) is 5.32 Å². The van der Waals surface area contributed by atoms with Crippen LogP contribution in [0.5, 0.6) is 0 Å². The Bertz CT molecular complexity index is 1270. The fraction of sp³-hybridized carbons (Fsp3) is 0.167. The minimum Gasteiger partial charge on any atom is -0.366 e. The number of anilines is 2. The number of nitrogens with two attached hydrogens (primary N) is 1. The van der Waals surface area contributed by atoms with Gasteiger partial charge in [-0.15, -0.1) is 0 Å². The van der Waals surface area contributed by atoms with Gasteiger partial charge in [-0.2, -0.15) is 0 Å². The molecular weight excluding hydrogens is 426 g/mol. The van der Waals surface area contributed by atoms with Gasteiger partial charge >= 0.3 is 0 Å². The quantitative estimate of drug-likeness (QED) is 0.572. The van der Waals surface area contributed by atoms with Crippen molar-refractivity contribution in [1.82, 2.24) is 0 Å². The van der Waals surface area contributed by atoms with Gasteiger partial charge in [-0.1, -0.05) is 30.3 Å². The number of hydrogen-bond donors (Lipinski definition) is 2. The molecule has 32 heavy (non-hydrogen) atoms. The minimum absolute atomic E-state index is 0.145. The number of carbonyl (C=O) groups excluding carboxylic acids is 2. The van der Waals surface area contributed by atoms with E-state index in [0.29, 0.717) is 22.5 Å². The fourth-order valence-electron chi connectivity index (χ4n) is 3.25. The second kappa shape index (κ2) is 9.23. The summed E-state index contributed by atoms with van der Waals surface area (Å²) in [5.41, 5.74) is 9.61. The van der Waals surface area contributed by atoms with Crippen LogP contribution in [0.2, 0.25) is 0 Å². The number of nitrogens with zero attached hydrogens (tertiary/aromatic N) is 1. The second-order valence-electron chi connectivity index (χ2n) is 7.66. The van der Waals surface area contributed by atoms with Gasteiger partial charge in [0.15, 0.2) is 0 Å². The molecule has 0 aliphatic carbocycles. The van der Waals surface area contributed by atoms with Crippen molar-refractivity contribution < 1.29 is 18.0 Å². The van der Waals surface area contributed by atoms with Crippen molar-refractivity contribution in [3.63, 3.8) is 0 Å². The zero-order valence-electron chi connectivity index (χ0n) is 18.1. The van der Waals surface area contributed by atoms with Crippen molar-refractivity contribution in [3.05, 3.63) is 94.5 Å². The average Bonchev–Trinajstić information content (AvgIpc) is 2.73. The van der Waals surface area contributed by atoms with E-state index in [1.807, 2.05) is 32.0 Å². The third kappa shape index (κ3) is 5.53. The SMILES string of the molecule is Cc1ccc(C)c(N(Cc2ccc(C(=O)Nc3cccc(C(N)=O)c3)cc2)S(C)(=O)=O)c1. The van der Waals surface area contributed by atoms with Crippen LogP contribution in [0.15, 0.2) is 66.7 Å². The Morgan fingerprint density at radius 2 is 1.62 bits per heavy atom. The molecule has 3 rings (SSSR count). The largest absolute Gasteiger partial charge is 0.366 e. The molecule has 3 aromatic rings. The van der Waals surface area contributed by atoms with Crippen LogP contribution in [0.1, 0.15) is 37.4 Å². The predicted molar refractivity (Wildman–Crippen MR) is 126 cm³/mol. The summed E-state index contributed by atoms with van der Waals surface area (Å²) in [6, 6.07) is 18.7. The molecule has 0 radical (unpaired) electrons. The smallest absolute Gasteiger partial charge is 0.255 e. The molecule has 0 aliphatic rings. The number of benzene rings is 3. The van der Waals surface area contributed by atoms with Gasteiger partial charge in [-0.3, -0.25) is 13.9 Å². The summed E-state index contributed by atoms with van der Waals surface area (Å²) >= 11 is 0. The zero-order valence-corrected chi connectivity index (χ0v) is 18.9. The molecule has 0 bridgehead atoms. The molecule has 3 aromatic carbocycles. The van der Waals surface area contributed by atoms with E-state index in [9.17, 15) is 18.0 Å². The normalized spacial score (nSPS) is 11.1. The van der Waals surface area contributed by atoms with Gasteiger partial charge in [0.25, 0.3) is 5.91 Å². The monoisotopic (exact) mass is 451 g/mol. The lowest BCUT2D eigenvalue weighted by atomic mass is 10.1. The lowest BCUT2D eigenvalue weighted by molar-refractivity contribution is 0.0996. The van der Waals surface area contributed by atoms with Crippen LogP contribution in [0.3, 0.4) is 0 Å². The van der Waals surface area contributed by atoms with E-state index in [1.165, 1.54) is 16.6 Å². The molecule has 0 fully saturated rings. The van der Waals surface area contributed by atoms with Crippen LogP contribution in [0.4, 0.5) is 11.4 Å². The Morgan fingerprint density at radius 1 is 0.938 bits per heavy atom. The Labute approximate surface area is 187 Å². The van der Waals surface area contributed by atoms with Crippen LogP contribution in [-0.2, 0) is 16.6 Å². The molecule has 0 spiro atoms. The summed E-state index contributed by atoms with van der Waals surface area (Å²) in [6.07, 6.45) is 1.18. The van der Waals surface area contributed by atoms with Gasteiger partial charge in [-0.05, 0) is 66.9 Å². The van der Waals surface area contributed by atoms with E-state index in [4.69, 9.17) is 5.73 Å². The third-order valence-electron chi connectivity index (χ3n) is 4.98. The summed E-state index contributed by atoms with van der Waals surface area (Å²) < 4.78 is 26.3. The van der Waals surface area contributed by atoms with Crippen molar-refractivity contribution in [3.8, 4) is 0 Å². The molecule has 7 nitrogen and oxygen atoms in total. The minimum atomic E-state index is -3.52. The van der Waals surface area contributed by atoms with Gasteiger partial charge in [0.05, 0.1) is 18.5 Å². The Kier molecular flexibility index (Phi) is 6.64. The van der Waals surface area contributed by atoms with Crippen LogP contribution in [0, 0.1) is 13.8 Å². The summed E-state index contributed by atoms with van der Waals surface area (Å²) in [5, 5.41) is 2.72. The number of nitrogens with one attached hydrogen (secondary N) is 1. The zero-order chi connectivity index (χ0) is 23.5. The summed E-state index contributed by atoms with van der Waals surface area (Å²) in [7, 11) is -3.52. The van der Waals surface area contributed by atoms with Crippen molar-refractivity contribution in [2.75, 3.05) is 15.9 Å². The molecule has 0 aliphatic heterocycles. The van der Waals surface area contributed by atoms with E-state index in [1.54, 1.807) is 42.5 Å². The molecule has 0 atom stereocenters. The highest BCUT2D eigenvalue weighted by Gasteiger charge is 2.20. The predicted octanol–water partition coefficient (Wildman–Crippen LogP) is 3.62. The number of rotatable bonds is 7. The van der Waals surface area contributed by atoms with Gasteiger partial charge in [-0.25, -0.2) is 8.42 Å². The van der Waals surface area contributed by atoms with Crippen LogP contribution >= 0.6 is 0 Å². The molecule has 3 N–H and O–H groups in total. The van der Waals surface area contributed by atoms with E-state index >= 15 is 0 Å². The van der Waals surface area contributed by atoms with Crippen molar-refractivity contribution in [2.45, 2.75) is 20.4 Å². The first-order valence-corrected chi connectivity index (χ1v) is 11.7. The lowest BCUT2D eigenvalue weighted by Crippen LogP contribution is -2.30. The molecule has 0 unspecified atom stereocenters. The topological polar surface area (TPSA) is 110 Å². The molecule has 166 valence electrons. The highest BCUT2D eigenvalue weighted by atomic mass is 32.2. The fourth-order valence-corrected chi connectivity index (χ4v) is 4.19. The standard InChI is InChI=1S/C24H25N3O4S/c1-16-7-8-17(2)22(13-16)27(32(3,30)31)15-18-9-11-19(12-10-18)24(29)26-21-6-4-5-20(14-21)23(25)28/h4-14H,15H2,1-3H3,(H2,25,28)(H,26,29). The molecular formula is C24H25N3O4S. The van der Waals surface area contributed by atoms with Crippen LogP contribution in [0.25, 0.3) is 0 Å². The molecule has 0 heterocycles. The van der Waals surface area contributed by atoms with Gasteiger partial charge < -0.3 is 11.1 Å². The maximum Gasteiger partial charge on any atom is 0.255 e. The first kappa shape index (κ1) is 23.0. The van der Waals surface area contributed by atoms with Crippen molar-refractivity contribution in [1.29, 1.82) is 0 Å². The Hall–Kier alpha value is -3.65. The van der Waals surface area contributed by atoms with Crippen LogP contribution in [-0.4, -0.2) is 26.5 Å². The maximum absolute atomic E-state index is 12.6. The van der Waals surface area contributed by atoms with Gasteiger partial charge in [0.1, 0.15) is 0 Å². The molecule has 2 amide bonds. The number of primary amides is 1. The highest BCUT2D eigenvalue weighted by Crippen LogP contribution is 2.26. The number of hydrogen-bond acceptors (Lipinski definition) is 4. The van der Waals surface area contributed by atoms with E-state index < -0.39 is 15.9 Å². The molecule has 0 saturated carbocycles. The molecule has 0 saturated heterocycles. The first-order valence-electron chi connectivity index (χ1n) is 9.90. The van der Waals surface area contributed by atoms with E-state index in [0.717, 1.165) is 16.7 Å². The van der Waals surface area contributed by atoms with Crippen molar-refractivity contribution in [2.24, 2.45) is 5.73 Å². The van der Waals surface area contributed by atoms with Gasteiger partial charge in [0, 0.05) is 16.8 Å². The van der Waals surface area contributed by atoms with Crippen molar-refractivity contribution >= 4 is 33.2 Å². The number of amides is 2. The second-order valence-corrected chi connectivity index (χ2v) is 9.56. The van der Waals surface area contributed by atoms with Crippen LogP contribution < -0.4 is 15.4 Å². The lowest BCUT2D eigenvalue weighted by Gasteiger charge is -2.25. The van der Waals surface area contributed by atoms with Gasteiger partial charge in [0.2, 0.25) is 15.9 Å². The first-order chi connectivity index (χ1) is 15.0. The number of aryl methyl sites for hydroxylation is 2. The molecule has 0 aromatic heterocycles. The summed E-state index contributed by atoms with van der Waals surface area (Å²) in [6.45, 7) is 3.93. The van der Waals surface area contributed by atoms with E-state index in [-0.39, 0.29) is 12.5 Å².